The molecule has 19 heavy (non-hydrogen) atoms. The molecule has 100 valence electrons. The number of hydrogen-bond acceptors (Lipinski definition) is 2. The van der Waals surface area contributed by atoms with Crippen molar-refractivity contribution in [2.24, 2.45) is 11.7 Å². The van der Waals surface area contributed by atoms with Crippen molar-refractivity contribution in [1.82, 2.24) is 5.32 Å². The van der Waals surface area contributed by atoms with E-state index in [0.29, 0.717) is 6.54 Å². The van der Waals surface area contributed by atoms with Gasteiger partial charge in [-0.2, -0.15) is 0 Å². The summed E-state index contributed by atoms with van der Waals surface area (Å²) in [6.45, 7) is 4.20. The van der Waals surface area contributed by atoms with Crippen LogP contribution in [0.5, 0.6) is 0 Å². The molecular weight excluding hydrogens is 236 g/mol. The van der Waals surface area contributed by atoms with E-state index in [9.17, 15) is 4.79 Å². The highest BCUT2D eigenvalue weighted by molar-refractivity contribution is 5.83. The summed E-state index contributed by atoms with van der Waals surface area (Å²) in [6.07, 6.45) is 0. The molecule has 0 aliphatic carbocycles. The number of nitrogens with one attached hydrogen (secondary N) is 1. The van der Waals surface area contributed by atoms with Gasteiger partial charge in [-0.25, -0.2) is 0 Å². The SMILES string of the molecule is CC(CN)C(=O)NC(C)c1ccc2ccccc2c1. The normalized spacial score (nSPS) is 14.1. The van der Waals surface area contributed by atoms with E-state index in [0.717, 1.165) is 5.56 Å². The van der Waals surface area contributed by atoms with Crippen molar-refractivity contribution in [1.29, 1.82) is 0 Å². The van der Waals surface area contributed by atoms with Crippen molar-refractivity contribution >= 4 is 16.7 Å². The van der Waals surface area contributed by atoms with Gasteiger partial charge in [0.15, 0.2) is 0 Å². The lowest BCUT2D eigenvalue weighted by molar-refractivity contribution is -0.124. The van der Waals surface area contributed by atoms with Crippen molar-refractivity contribution < 1.29 is 4.79 Å². The zero-order valence-electron chi connectivity index (χ0n) is 11.4. The minimum absolute atomic E-state index is 0.00292. The van der Waals surface area contributed by atoms with Crippen LogP contribution in [0.15, 0.2) is 42.5 Å². The summed E-state index contributed by atoms with van der Waals surface area (Å²) in [6, 6.07) is 14.5. The Labute approximate surface area is 113 Å². The van der Waals surface area contributed by atoms with Crippen LogP contribution in [0.25, 0.3) is 10.8 Å². The van der Waals surface area contributed by atoms with Gasteiger partial charge < -0.3 is 11.1 Å². The lowest BCUT2D eigenvalue weighted by Gasteiger charge is -2.17. The Kier molecular flexibility index (Phi) is 4.17. The molecule has 2 aromatic rings. The van der Waals surface area contributed by atoms with Crippen molar-refractivity contribution in [3.8, 4) is 0 Å². The first-order chi connectivity index (χ1) is 9.11. The van der Waals surface area contributed by atoms with Gasteiger partial charge in [0.25, 0.3) is 0 Å². The van der Waals surface area contributed by atoms with E-state index in [1.165, 1.54) is 10.8 Å². The fourth-order valence-corrected chi connectivity index (χ4v) is 2.02. The zero-order chi connectivity index (χ0) is 13.8. The molecule has 3 nitrogen and oxygen atoms in total. The van der Waals surface area contributed by atoms with Gasteiger partial charge in [0.2, 0.25) is 5.91 Å². The Hall–Kier alpha value is -1.87. The third kappa shape index (κ3) is 3.12. The first-order valence-electron chi connectivity index (χ1n) is 6.61. The van der Waals surface area contributed by atoms with Gasteiger partial charge >= 0.3 is 0 Å². The van der Waals surface area contributed by atoms with Gasteiger partial charge in [-0.15, -0.1) is 0 Å². The lowest BCUT2D eigenvalue weighted by Crippen LogP contribution is -2.34. The van der Waals surface area contributed by atoms with Crippen LogP contribution in [-0.2, 0) is 4.79 Å². The second kappa shape index (κ2) is 5.85. The van der Waals surface area contributed by atoms with Gasteiger partial charge in [0.05, 0.1) is 6.04 Å². The molecule has 0 spiro atoms. The molecule has 0 radical (unpaired) electrons. The number of fused-ring (bicyclic) bond motifs is 1. The molecule has 2 atom stereocenters. The highest BCUT2D eigenvalue weighted by Crippen LogP contribution is 2.20. The number of hydrogen-bond donors (Lipinski definition) is 2. The minimum Gasteiger partial charge on any atom is -0.349 e. The Bertz CT molecular complexity index is 580. The van der Waals surface area contributed by atoms with E-state index in [1.807, 2.05) is 26.0 Å². The largest absolute Gasteiger partial charge is 0.349 e. The van der Waals surface area contributed by atoms with Crippen molar-refractivity contribution in [3.63, 3.8) is 0 Å². The van der Waals surface area contributed by atoms with E-state index < -0.39 is 0 Å². The lowest BCUT2D eigenvalue weighted by atomic mass is 10.0. The topological polar surface area (TPSA) is 55.1 Å². The highest BCUT2D eigenvalue weighted by Gasteiger charge is 2.14. The summed E-state index contributed by atoms with van der Waals surface area (Å²) in [5, 5.41) is 5.39. The molecule has 0 saturated heterocycles. The van der Waals surface area contributed by atoms with Crippen molar-refractivity contribution in [2.45, 2.75) is 19.9 Å². The number of amides is 1. The van der Waals surface area contributed by atoms with Crippen LogP contribution in [0.3, 0.4) is 0 Å². The smallest absolute Gasteiger partial charge is 0.224 e. The quantitative estimate of drug-likeness (QED) is 0.883. The number of carbonyl (C=O) groups excluding carboxylic acids is 1. The van der Waals surface area contributed by atoms with Crippen LogP contribution in [0.1, 0.15) is 25.5 Å². The minimum atomic E-state index is -0.150. The maximum Gasteiger partial charge on any atom is 0.224 e. The van der Waals surface area contributed by atoms with E-state index in [4.69, 9.17) is 5.73 Å². The molecular formula is C16H20N2O. The molecule has 2 rings (SSSR count). The van der Waals surface area contributed by atoms with Crippen molar-refractivity contribution in [3.05, 3.63) is 48.0 Å². The molecule has 0 fully saturated rings. The van der Waals surface area contributed by atoms with Crippen LogP contribution in [-0.4, -0.2) is 12.5 Å². The summed E-state index contributed by atoms with van der Waals surface area (Å²) in [5.74, 6) is -0.147. The van der Waals surface area contributed by atoms with Crippen molar-refractivity contribution in [2.75, 3.05) is 6.54 Å². The van der Waals surface area contributed by atoms with Crippen LogP contribution in [0.4, 0.5) is 0 Å². The van der Waals surface area contributed by atoms with Crippen LogP contribution in [0.2, 0.25) is 0 Å². The molecule has 2 unspecified atom stereocenters. The molecule has 0 aliphatic heterocycles. The maximum absolute atomic E-state index is 11.8. The predicted octanol–water partition coefficient (Wildman–Crippen LogP) is 2.61. The molecule has 0 aromatic heterocycles. The highest BCUT2D eigenvalue weighted by atomic mass is 16.1. The Morgan fingerprint density at radius 3 is 2.53 bits per heavy atom. The Balaban J connectivity index is 2.17. The fourth-order valence-electron chi connectivity index (χ4n) is 2.02. The number of carbonyl (C=O) groups is 1. The fraction of sp³-hybridized carbons (Fsp3) is 0.312. The molecule has 0 saturated carbocycles. The second-order valence-corrected chi connectivity index (χ2v) is 4.97. The third-order valence-corrected chi connectivity index (χ3v) is 3.43. The summed E-state index contributed by atoms with van der Waals surface area (Å²) in [4.78, 5) is 11.8. The third-order valence-electron chi connectivity index (χ3n) is 3.43. The molecule has 0 aliphatic rings. The Morgan fingerprint density at radius 1 is 1.16 bits per heavy atom. The number of nitrogens with two attached hydrogens (primary N) is 1. The van der Waals surface area contributed by atoms with Gasteiger partial charge in [0.1, 0.15) is 0 Å². The molecule has 2 aromatic carbocycles. The summed E-state index contributed by atoms with van der Waals surface area (Å²) in [7, 11) is 0. The van der Waals surface area contributed by atoms with Gasteiger partial charge in [-0.05, 0) is 29.3 Å². The zero-order valence-corrected chi connectivity index (χ0v) is 11.4. The molecule has 0 heterocycles. The second-order valence-electron chi connectivity index (χ2n) is 4.97. The van der Waals surface area contributed by atoms with Gasteiger partial charge in [0, 0.05) is 12.5 Å². The van der Waals surface area contributed by atoms with E-state index in [1.54, 1.807) is 0 Å². The van der Waals surface area contributed by atoms with Crippen LogP contribution >= 0.6 is 0 Å². The number of rotatable bonds is 4. The van der Waals surface area contributed by atoms with E-state index in [2.05, 4.69) is 35.6 Å². The maximum atomic E-state index is 11.8. The average Bonchev–Trinajstić information content (AvgIpc) is 2.45. The standard InChI is InChI=1S/C16H20N2O/c1-11(10-17)16(19)18-12(2)14-8-7-13-5-3-4-6-15(13)9-14/h3-9,11-12H,10,17H2,1-2H3,(H,18,19). The molecule has 0 bridgehead atoms. The summed E-state index contributed by atoms with van der Waals surface area (Å²) >= 11 is 0. The molecule has 1 amide bonds. The number of benzene rings is 2. The Morgan fingerprint density at radius 2 is 1.84 bits per heavy atom. The monoisotopic (exact) mass is 256 g/mol. The van der Waals surface area contributed by atoms with Crippen LogP contribution in [0, 0.1) is 5.92 Å². The predicted molar refractivity (Wildman–Crippen MR) is 78.7 cm³/mol. The van der Waals surface area contributed by atoms with E-state index in [-0.39, 0.29) is 17.9 Å². The van der Waals surface area contributed by atoms with Gasteiger partial charge in [-0.1, -0.05) is 43.3 Å². The average molecular weight is 256 g/mol. The first kappa shape index (κ1) is 13.6. The summed E-state index contributed by atoms with van der Waals surface area (Å²) < 4.78 is 0. The summed E-state index contributed by atoms with van der Waals surface area (Å²) in [5.41, 5.74) is 6.61. The molecule has 3 heteroatoms. The molecule has 3 N–H and O–H groups in total. The van der Waals surface area contributed by atoms with Crippen LogP contribution < -0.4 is 11.1 Å². The van der Waals surface area contributed by atoms with Gasteiger partial charge in [-0.3, -0.25) is 4.79 Å². The first-order valence-corrected chi connectivity index (χ1v) is 6.61. The van der Waals surface area contributed by atoms with E-state index >= 15 is 0 Å².